The van der Waals surface area contributed by atoms with Gasteiger partial charge in [-0.2, -0.15) is 0 Å². The second-order valence-electron chi connectivity index (χ2n) is 9.08. The number of carbonyl (C=O) groups is 1. The first-order chi connectivity index (χ1) is 17.5. The number of hydrogen-bond donors (Lipinski definition) is 2. The maximum absolute atomic E-state index is 11.9. The van der Waals surface area contributed by atoms with Crippen molar-refractivity contribution in [1.29, 1.82) is 0 Å². The molecule has 0 unspecified atom stereocenters. The molecule has 10 nitrogen and oxygen atoms in total. The van der Waals surface area contributed by atoms with Gasteiger partial charge in [0, 0.05) is 48.8 Å². The summed E-state index contributed by atoms with van der Waals surface area (Å²) in [7, 11) is 0. The predicted molar refractivity (Wildman–Crippen MR) is 139 cm³/mol. The highest BCUT2D eigenvalue weighted by Gasteiger charge is 2.33. The van der Waals surface area contributed by atoms with Crippen LogP contribution in [0.2, 0.25) is 0 Å². The van der Waals surface area contributed by atoms with Crippen molar-refractivity contribution in [3.05, 3.63) is 54.0 Å². The molecule has 0 radical (unpaired) electrons. The minimum absolute atomic E-state index is 0.00771. The molecule has 0 aliphatic carbocycles. The van der Waals surface area contributed by atoms with Gasteiger partial charge in [-0.15, -0.1) is 0 Å². The first-order valence-corrected chi connectivity index (χ1v) is 12.5. The Balaban J connectivity index is 1.53. The highest BCUT2D eigenvalue weighted by Crippen LogP contribution is 2.37. The molecule has 10 heteroatoms. The second-order valence-corrected chi connectivity index (χ2v) is 9.08. The first kappa shape index (κ1) is 23.9. The van der Waals surface area contributed by atoms with Crippen molar-refractivity contribution < 1.29 is 9.53 Å². The Morgan fingerprint density at radius 2 is 1.86 bits per heavy atom. The fourth-order valence-electron chi connectivity index (χ4n) is 4.81. The SMILES string of the molecule is CCNC(=O)Nc1ccc(-c2nc3c(c(N4CCOC[C@@H]4C)n2)CCN(c2ncccn2)[C@H]3C)cc1. The Morgan fingerprint density at radius 1 is 1.08 bits per heavy atom. The van der Waals surface area contributed by atoms with E-state index < -0.39 is 0 Å². The zero-order valence-corrected chi connectivity index (χ0v) is 20.9. The van der Waals surface area contributed by atoms with Gasteiger partial charge in [0.2, 0.25) is 5.95 Å². The highest BCUT2D eigenvalue weighted by molar-refractivity contribution is 5.89. The molecule has 188 valence electrons. The van der Waals surface area contributed by atoms with Crippen molar-refractivity contribution in [2.24, 2.45) is 0 Å². The number of benzene rings is 1. The van der Waals surface area contributed by atoms with Gasteiger partial charge in [0.25, 0.3) is 0 Å². The van der Waals surface area contributed by atoms with Crippen molar-refractivity contribution in [3.63, 3.8) is 0 Å². The van der Waals surface area contributed by atoms with Gasteiger partial charge in [0.1, 0.15) is 5.82 Å². The largest absolute Gasteiger partial charge is 0.377 e. The summed E-state index contributed by atoms with van der Waals surface area (Å²) in [5, 5.41) is 5.58. The Kier molecular flexibility index (Phi) is 6.95. The molecule has 0 bridgehead atoms. The number of urea groups is 1. The van der Waals surface area contributed by atoms with E-state index in [2.05, 4.69) is 44.2 Å². The standard InChI is InChI=1S/C26H32N8O2/c1-4-27-26(35)30-20-8-6-19(7-9-20)23-31-22-18(3)34(25-28-11-5-12-29-25)13-10-21(22)24(32-23)33-14-15-36-16-17(33)2/h5-9,11-12,17-18H,4,10,13-16H2,1-3H3,(H2,27,30,35)/t17-,18-/m0/s1. The number of morpholine rings is 1. The Labute approximate surface area is 211 Å². The average molecular weight is 489 g/mol. The predicted octanol–water partition coefficient (Wildman–Crippen LogP) is 3.42. The van der Waals surface area contributed by atoms with Crippen LogP contribution < -0.4 is 20.4 Å². The monoisotopic (exact) mass is 488 g/mol. The van der Waals surface area contributed by atoms with Gasteiger partial charge < -0.3 is 25.2 Å². The molecule has 4 heterocycles. The number of nitrogens with one attached hydrogen (secondary N) is 2. The van der Waals surface area contributed by atoms with Crippen LogP contribution in [-0.2, 0) is 11.2 Å². The van der Waals surface area contributed by atoms with Crippen LogP contribution in [0.25, 0.3) is 11.4 Å². The molecule has 0 spiro atoms. The van der Waals surface area contributed by atoms with Gasteiger partial charge in [-0.25, -0.2) is 24.7 Å². The maximum atomic E-state index is 11.9. The molecule has 5 rings (SSSR count). The smallest absolute Gasteiger partial charge is 0.319 e. The van der Waals surface area contributed by atoms with Gasteiger partial charge in [-0.1, -0.05) is 0 Å². The molecule has 2 atom stereocenters. The molecular formula is C26H32N8O2. The van der Waals surface area contributed by atoms with Crippen molar-refractivity contribution in [1.82, 2.24) is 25.3 Å². The van der Waals surface area contributed by atoms with Crippen LogP contribution in [0.3, 0.4) is 0 Å². The lowest BCUT2D eigenvalue weighted by molar-refractivity contribution is 0.0984. The summed E-state index contributed by atoms with van der Waals surface area (Å²) < 4.78 is 5.70. The molecule has 2 N–H and O–H groups in total. The van der Waals surface area contributed by atoms with Crippen LogP contribution in [0.5, 0.6) is 0 Å². The van der Waals surface area contributed by atoms with Gasteiger partial charge in [0.15, 0.2) is 5.82 Å². The van der Waals surface area contributed by atoms with Gasteiger partial charge in [-0.05, 0) is 57.5 Å². The molecule has 2 aliphatic rings. The van der Waals surface area contributed by atoms with Crippen LogP contribution in [0.15, 0.2) is 42.7 Å². The van der Waals surface area contributed by atoms with Crippen LogP contribution in [0.4, 0.5) is 22.2 Å². The topological polar surface area (TPSA) is 108 Å². The van der Waals surface area contributed by atoms with E-state index in [0.717, 1.165) is 36.6 Å². The van der Waals surface area contributed by atoms with E-state index in [1.165, 1.54) is 5.56 Å². The average Bonchev–Trinajstić information content (AvgIpc) is 2.90. The van der Waals surface area contributed by atoms with Crippen LogP contribution in [0, 0.1) is 0 Å². The van der Waals surface area contributed by atoms with Crippen molar-refractivity contribution in [2.75, 3.05) is 48.0 Å². The minimum Gasteiger partial charge on any atom is -0.377 e. The zero-order chi connectivity index (χ0) is 25.1. The summed E-state index contributed by atoms with van der Waals surface area (Å²) in [6, 6.07) is 9.45. The zero-order valence-electron chi connectivity index (χ0n) is 20.9. The normalized spacial score (nSPS) is 19.5. The summed E-state index contributed by atoms with van der Waals surface area (Å²) in [6.07, 6.45) is 4.35. The molecule has 1 fully saturated rings. The number of carbonyl (C=O) groups excluding carboxylic acids is 1. The molecular weight excluding hydrogens is 456 g/mol. The number of amides is 2. The van der Waals surface area contributed by atoms with Crippen molar-refractivity contribution in [3.8, 4) is 11.4 Å². The Bertz CT molecular complexity index is 1200. The third kappa shape index (κ3) is 4.81. The van der Waals surface area contributed by atoms with E-state index in [1.807, 2.05) is 37.3 Å². The molecule has 2 aliphatic heterocycles. The second kappa shape index (κ2) is 10.4. The summed E-state index contributed by atoms with van der Waals surface area (Å²) in [4.78, 5) is 35.6. The molecule has 0 saturated carbocycles. The van der Waals surface area contributed by atoms with Crippen LogP contribution >= 0.6 is 0 Å². The van der Waals surface area contributed by atoms with Gasteiger partial charge >= 0.3 is 6.03 Å². The number of fused-ring (bicyclic) bond motifs is 1. The summed E-state index contributed by atoms with van der Waals surface area (Å²) in [5.74, 6) is 2.35. The number of hydrogen-bond acceptors (Lipinski definition) is 8. The van der Waals surface area contributed by atoms with E-state index >= 15 is 0 Å². The van der Waals surface area contributed by atoms with E-state index in [-0.39, 0.29) is 18.1 Å². The number of anilines is 3. The molecule has 3 aromatic rings. The summed E-state index contributed by atoms with van der Waals surface area (Å²) >= 11 is 0. The van der Waals surface area contributed by atoms with Crippen LogP contribution in [0.1, 0.15) is 38.1 Å². The maximum Gasteiger partial charge on any atom is 0.319 e. The summed E-state index contributed by atoms with van der Waals surface area (Å²) in [6.45, 7) is 9.72. The Morgan fingerprint density at radius 3 is 2.58 bits per heavy atom. The first-order valence-electron chi connectivity index (χ1n) is 12.5. The number of ether oxygens (including phenoxy) is 1. The van der Waals surface area contributed by atoms with E-state index in [0.29, 0.717) is 37.2 Å². The third-order valence-electron chi connectivity index (χ3n) is 6.67. The van der Waals surface area contributed by atoms with E-state index in [9.17, 15) is 4.79 Å². The molecule has 2 aromatic heterocycles. The molecule has 36 heavy (non-hydrogen) atoms. The summed E-state index contributed by atoms with van der Waals surface area (Å²) in [5.41, 5.74) is 3.78. The third-order valence-corrected chi connectivity index (χ3v) is 6.67. The molecule has 1 saturated heterocycles. The van der Waals surface area contributed by atoms with E-state index in [1.54, 1.807) is 12.4 Å². The minimum atomic E-state index is -0.226. The highest BCUT2D eigenvalue weighted by atomic mass is 16.5. The quantitative estimate of drug-likeness (QED) is 0.562. The number of nitrogens with zero attached hydrogens (tertiary/aromatic N) is 6. The molecule has 2 amide bonds. The van der Waals surface area contributed by atoms with Gasteiger partial charge in [-0.3, -0.25) is 0 Å². The van der Waals surface area contributed by atoms with Crippen molar-refractivity contribution in [2.45, 2.75) is 39.3 Å². The lowest BCUT2D eigenvalue weighted by Gasteiger charge is -2.39. The van der Waals surface area contributed by atoms with Gasteiger partial charge in [0.05, 0.1) is 31.0 Å². The van der Waals surface area contributed by atoms with E-state index in [4.69, 9.17) is 14.7 Å². The number of aromatic nitrogens is 4. The van der Waals surface area contributed by atoms with Crippen molar-refractivity contribution >= 4 is 23.5 Å². The molecule has 1 aromatic carbocycles. The van der Waals surface area contributed by atoms with Crippen LogP contribution in [-0.4, -0.2) is 64.9 Å². The fraction of sp³-hybridized carbons (Fsp3) is 0.423. The lowest BCUT2D eigenvalue weighted by Crippen LogP contribution is -2.46. The fourth-order valence-corrected chi connectivity index (χ4v) is 4.81. The Hall–Kier alpha value is -3.79. The lowest BCUT2D eigenvalue weighted by atomic mass is 9.97. The number of rotatable bonds is 5.